The largest absolute Gasteiger partial charge is 0.494 e. The van der Waals surface area contributed by atoms with Gasteiger partial charge in [-0.2, -0.15) is 0 Å². The third-order valence-corrected chi connectivity index (χ3v) is 4.00. The van der Waals surface area contributed by atoms with Crippen molar-refractivity contribution in [3.8, 4) is 17.1 Å². The van der Waals surface area contributed by atoms with Crippen LogP contribution in [-0.4, -0.2) is 21.7 Å². The van der Waals surface area contributed by atoms with E-state index in [2.05, 4.69) is 9.98 Å². The molecule has 0 saturated heterocycles. The van der Waals surface area contributed by atoms with Gasteiger partial charge in [0.1, 0.15) is 0 Å². The third-order valence-electron chi connectivity index (χ3n) is 4.00. The van der Waals surface area contributed by atoms with Crippen LogP contribution in [0.2, 0.25) is 0 Å². The molecular weight excluding hydrogens is 288 g/mol. The quantitative estimate of drug-likeness (QED) is 0.758. The van der Waals surface area contributed by atoms with Gasteiger partial charge in [0.2, 0.25) is 0 Å². The Morgan fingerprint density at radius 1 is 0.957 bits per heavy atom. The van der Waals surface area contributed by atoms with Crippen molar-refractivity contribution >= 4 is 11.6 Å². The molecule has 0 fully saturated rings. The molecule has 112 valence electrons. The monoisotopic (exact) mass is 302 g/mol. The molecule has 2 aromatic carbocycles. The number of aromatic nitrogens is 1. The Morgan fingerprint density at radius 3 is 2.43 bits per heavy atom. The first kappa shape index (κ1) is 13.5. The van der Waals surface area contributed by atoms with Gasteiger partial charge in [-0.3, -0.25) is 4.79 Å². The van der Waals surface area contributed by atoms with Crippen LogP contribution in [0.3, 0.4) is 0 Å². The van der Waals surface area contributed by atoms with E-state index in [-0.39, 0.29) is 11.8 Å². The van der Waals surface area contributed by atoms with Gasteiger partial charge in [0.15, 0.2) is 5.88 Å². The van der Waals surface area contributed by atoms with Gasteiger partial charge in [0.25, 0.3) is 5.91 Å². The van der Waals surface area contributed by atoms with E-state index < -0.39 is 0 Å². The maximum absolute atomic E-state index is 12.4. The zero-order valence-corrected chi connectivity index (χ0v) is 12.5. The van der Waals surface area contributed by atoms with Crippen LogP contribution in [-0.2, 0) is 0 Å². The number of amides is 1. The van der Waals surface area contributed by atoms with Crippen LogP contribution in [0.1, 0.15) is 27.0 Å². The van der Waals surface area contributed by atoms with Crippen molar-refractivity contribution in [3.05, 3.63) is 76.9 Å². The first-order valence-electron chi connectivity index (χ1n) is 7.36. The van der Waals surface area contributed by atoms with Gasteiger partial charge in [0, 0.05) is 5.56 Å². The molecular formula is C19H14N2O2. The molecule has 3 aromatic rings. The van der Waals surface area contributed by atoms with Crippen molar-refractivity contribution in [2.45, 2.75) is 6.92 Å². The number of nitrogens with zero attached hydrogens (tertiary/aromatic N) is 1. The highest BCUT2D eigenvalue weighted by Gasteiger charge is 2.33. The molecule has 0 spiro atoms. The number of nitrogens with one attached hydrogen (secondary N) is 1. The molecule has 4 heteroatoms. The molecule has 1 aliphatic rings. The van der Waals surface area contributed by atoms with Gasteiger partial charge in [-0.15, -0.1) is 0 Å². The lowest BCUT2D eigenvalue weighted by Crippen LogP contribution is -1.99. The summed E-state index contributed by atoms with van der Waals surface area (Å²) in [6.07, 6.45) is 0. The third kappa shape index (κ3) is 2.07. The minimum absolute atomic E-state index is 0.0232. The summed E-state index contributed by atoms with van der Waals surface area (Å²) in [5.41, 5.74) is 4.80. The lowest BCUT2D eigenvalue weighted by atomic mass is 10.00. The summed E-state index contributed by atoms with van der Waals surface area (Å²) in [6, 6.07) is 17.2. The molecule has 1 aliphatic heterocycles. The molecule has 1 aromatic heterocycles. The van der Waals surface area contributed by atoms with E-state index in [1.165, 1.54) is 0 Å². The highest BCUT2D eigenvalue weighted by molar-refractivity contribution is 6.30. The van der Waals surface area contributed by atoms with Gasteiger partial charge < -0.3 is 10.1 Å². The van der Waals surface area contributed by atoms with E-state index in [0.717, 1.165) is 16.7 Å². The Kier molecular flexibility index (Phi) is 2.91. The second-order valence-corrected chi connectivity index (χ2v) is 5.60. The number of aromatic amines is 1. The maximum Gasteiger partial charge on any atom is 0.280 e. The molecule has 2 N–H and O–H groups in total. The standard InChI is InChI=1S/C19H14N2O2/c1-11-6-5-9-13(10-11)17-15-14(18(22)21-17)16(20-19(15)23)12-7-3-2-4-8-12/h2-10,21-22H,1H3. The molecule has 0 unspecified atom stereocenters. The van der Waals surface area contributed by atoms with Crippen molar-refractivity contribution < 1.29 is 9.90 Å². The topological polar surface area (TPSA) is 65.4 Å². The summed E-state index contributed by atoms with van der Waals surface area (Å²) in [4.78, 5) is 19.5. The van der Waals surface area contributed by atoms with Gasteiger partial charge in [-0.1, -0.05) is 54.1 Å². The molecule has 1 amide bonds. The Labute approximate surface area is 133 Å². The molecule has 0 saturated carbocycles. The predicted molar refractivity (Wildman–Crippen MR) is 89.0 cm³/mol. The van der Waals surface area contributed by atoms with Crippen LogP contribution in [0.25, 0.3) is 11.3 Å². The molecule has 4 nitrogen and oxygen atoms in total. The number of aliphatic imine (C=N–C) groups is 1. The van der Waals surface area contributed by atoms with E-state index in [9.17, 15) is 9.90 Å². The summed E-state index contributed by atoms with van der Waals surface area (Å²) in [7, 11) is 0. The number of carbonyl (C=O) groups excluding carboxylic acids is 1. The van der Waals surface area contributed by atoms with Gasteiger partial charge in [0.05, 0.1) is 22.5 Å². The number of hydrogen-bond donors (Lipinski definition) is 2. The number of aryl methyl sites for hydroxylation is 1. The zero-order chi connectivity index (χ0) is 16.0. The lowest BCUT2D eigenvalue weighted by molar-refractivity contribution is 0.101. The van der Waals surface area contributed by atoms with Crippen molar-refractivity contribution in [2.24, 2.45) is 4.99 Å². The Balaban J connectivity index is 1.92. The minimum atomic E-state index is -0.327. The number of rotatable bonds is 2. The number of H-pyrrole nitrogens is 1. The maximum atomic E-state index is 12.4. The fraction of sp³-hybridized carbons (Fsp3) is 0.0526. The van der Waals surface area contributed by atoms with Crippen molar-refractivity contribution in [1.82, 2.24) is 4.98 Å². The second kappa shape index (κ2) is 4.95. The van der Waals surface area contributed by atoms with Crippen LogP contribution in [0, 0.1) is 6.92 Å². The summed E-state index contributed by atoms with van der Waals surface area (Å²) in [5, 5.41) is 10.3. The van der Waals surface area contributed by atoms with Crippen LogP contribution in [0.5, 0.6) is 5.88 Å². The molecule has 4 rings (SSSR count). The van der Waals surface area contributed by atoms with E-state index in [4.69, 9.17) is 0 Å². The Morgan fingerprint density at radius 2 is 1.70 bits per heavy atom. The van der Waals surface area contributed by atoms with E-state index in [1.54, 1.807) is 0 Å². The summed E-state index contributed by atoms with van der Waals surface area (Å²) in [6.45, 7) is 1.99. The number of carbonyl (C=O) groups is 1. The van der Waals surface area contributed by atoms with Gasteiger partial charge >= 0.3 is 0 Å². The molecule has 2 heterocycles. The van der Waals surface area contributed by atoms with Gasteiger partial charge in [-0.25, -0.2) is 4.99 Å². The fourth-order valence-corrected chi connectivity index (χ4v) is 2.97. The van der Waals surface area contributed by atoms with Crippen molar-refractivity contribution in [1.29, 1.82) is 0 Å². The molecule has 0 bridgehead atoms. The highest BCUT2D eigenvalue weighted by atomic mass is 16.3. The number of hydrogen-bond acceptors (Lipinski definition) is 2. The second-order valence-electron chi connectivity index (χ2n) is 5.60. The molecule has 23 heavy (non-hydrogen) atoms. The first-order valence-corrected chi connectivity index (χ1v) is 7.36. The smallest absolute Gasteiger partial charge is 0.280 e. The number of benzene rings is 2. The van der Waals surface area contributed by atoms with Crippen molar-refractivity contribution in [3.63, 3.8) is 0 Å². The van der Waals surface area contributed by atoms with E-state index in [0.29, 0.717) is 22.5 Å². The van der Waals surface area contributed by atoms with Crippen LogP contribution < -0.4 is 0 Å². The van der Waals surface area contributed by atoms with Crippen LogP contribution in [0.15, 0.2) is 59.6 Å². The lowest BCUT2D eigenvalue weighted by Gasteiger charge is -2.01. The van der Waals surface area contributed by atoms with Crippen LogP contribution in [0.4, 0.5) is 0 Å². The normalized spacial score (nSPS) is 13.1. The number of aromatic hydroxyl groups is 1. The predicted octanol–water partition coefficient (Wildman–Crippen LogP) is 3.69. The molecule has 0 atom stereocenters. The average Bonchev–Trinajstić information content (AvgIpc) is 3.08. The zero-order valence-electron chi connectivity index (χ0n) is 12.5. The molecule has 0 aliphatic carbocycles. The first-order chi connectivity index (χ1) is 11.1. The summed E-state index contributed by atoms with van der Waals surface area (Å²) in [5.74, 6) is -0.350. The minimum Gasteiger partial charge on any atom is -0.494 e. The van der Waals surface area contributed by atoms with Crippen molar-refractivity contribution in [2.75, 3.05) is 0 Å². The Hall–Kier alpha value is -3.14. The Bertz CT molecular complexity index is 953. The van der Waals surface area contributed by atoms with Crippen LogP contribution >= 0.6 is 0 Å². The average molecular weight is 302 g/mol. The molecule has 0 radical (unpaired) electrons. The van der Waals surface area contributed by atoms with E-state index in [1.807, 2.05) is 61.5 Å². The summed E-state index contributed by atoms with van der Waals surface area (Å²) >= 11 is 0. The fourth-order valence-electron chi connectivity index (χ4n) is 2.97. The van der Waals surface area contributed by atoms with E-state index >= 15 is 0 Å². The van der Waals surface area contributed by atoms with Gasteiger partial charge in [-0.05, 0) is 18.6 Å². The highest BCUT2D eigenvalue weighted by Crippen LogP contribution is 2.37. The summed E-state index contributed by atoms with van der Waals surface area (Å²) < 4.78 is 0. The SMILES string of the molecule is Cc1cccc(-c2[nH]c(O)c3c2C(=O)N=C3c2ccccc2)c1. The number of fused-ring (bicyclic) bond motifs is 1.